The number of imidazole rings is 2. The highest BCUT2D eigenvalue weighted by Crippen LogP contribution is 2.12. The molecule has 0 amide bonds. The van der Waals surface area contributed by atoms with Gasteiger partial charge in [-0.25, -0.2) is 9.97 Å². The van der Waals surface area contributed by atoms with Crippen molar-refractivity contribution in [1.82, 2.24) is 19.5 Å². The maximum Gasteiger partial charge on any atom is 0.158 e. The number of hydrogen-bond acceptors (Lipinski definition) is 2. The lowest BCUT2D eigenvalue weighted by Crippen LogP contribution is -1.95. The van der Waals surface area contributed by atoms with Crippen molar-refractivity contribution in [1.29, 1.82) is 0 Å². The number of hydrogen-bond donors (Lipinski definition) is 1. The Bertz CT molecular complexity index is 347. The van der Waals surface area contributed by atoms with Gasteiger partial charge in [-0.15, -0.1) is 0 Å². The largest absolute Gasteiger partial charge is 0.342 e. The third-order valence-electron chi connectivity index (χ3n) is 1.80. The van der Waals surface area contributed by atoms with Crippen LogP contribution in [0, 0.1) is 0 Å². The zero-order valence-electron chi connectivity index (χ0n) is 6.86. The van der Waals surface area contributed by atoms with E-state index in [0.29, 0.717) is 0 Å². The highest BCUT2D eigenvalue weighted by Gasteiger charge is 2.04. The standard InChI is InChI=1S/C8H10N4/c1-2-12-4-3-10-8(12)7-5-9-6-11-7/h3-6H,2H2,1H3,(H,9,11). The predicted octanol–water partition coefficient (Wildman–Crippen LogP) is 1.29. The van der Waals surface area contributed by atoms with E-state index in [1.807, 2.05) is 6.20 Å². The van der Waals surface area contributed by atoms with Gasteiger partial charge in [0.05, 0.1) is 12.5 Å². The molecule has 2 rings (SSSR count). The molecule has 0 bridgehead atoms. The summed E-state index contributed by atoms with van der Waals surface area (Å²) in [6, 6.07) is 0. The summed E-state index contributed by atoms with van der Waals surface area (Å²) in [5, 5.41) is 0. The average molecular weight is 162 g/mol. The third kappa shape index (κ3) is 1.01. The van der Waals surface area contributed by atoms with Gasteiger partial charge in [-0.1, -0.05) is 0 Å². The van der Waals surface area contributed by atoms with Crippen molar-refractivity contribution in [2.45, 2.75) is 13.5 Å². The highest BCUT2D eigenvalue weighted by atomic mass is 15.1. The van der Waals surface area contributed by atoms with E-state index in [0.717, 1.165) is 18.1 Å². The fourth-order valence-electron chi connectivity index (χ4n) is 1.19. The number of rotatable bonds is 2. The first-order valence-corrected chi connectivity index (χ1v) is 3.91. The predicted molar refractivity (Wildman–Crippen MR) is 45.5 cm³/mol. The molecule has 0 aliphatic heterocycles. The maximum atomic E-state index is 4.22. The molecule has 0 aliphatic carbocycles. The quantitative estimate of drug-likeness (QED) is 0.723. The van der Waals surface area contributed by atoms with E-state index in [-0.39, 0.29) is 0 Å². The van der Waals surface area contributed by atoms with Gasteiger partial charge in [0.1, 0.15) is 5.69 Å². The Morgan fingerprint density at radius 1 is 1.58 bits per heavy atom. The molecule has 4 heteroatoms. The fraction of sp³-hybridized carbons (Fsp3) is 0.250. The van der Waals surface area contributed by atoms with Crippen LogP contribution in [0.2, 0.25) is 0 Å². The molecule has 1 N–H and O–H groups in total. The first-order valence-electron chi connectivity index (χ1n) is 3.91. The summed E-state index contributed by atoms with van der Waals surface area (Å²) in [5.41, 5.74) is 0.960. The summed E-state index contributed by atoms with van der Waals surface area (Å²) < 4.78 is 2.06. The summed E-state index contributed by atoms with van der Waals surface area (Å²) in [4.78, 5) is 11.2. The summed E-state index contributed by atoms with van der Waals surface area (Å²) in [6.45, 7) is 3.01. The Hall–Kier alpha value is -1.58. The molecule has 2 aromatic rings. The zero-order chi connectivity index (χ0) is 8.39. The topological polar surface area (TPSA) is 46.5 Å². The molecule has 0 aliphatic rings. The summed E-state index contributed by atoms with van der Waals surface area (Å²) in [7, 11) is 0. The molecule has 0 unspecified atom stereocenters. The van der Waals surface area contributed by atoms with Gasteiger partial charge in [-0.2, -0.15) is 0 Å². The van der Waals surface area contributed by atoms with Gasteiger partial charge >= 0.3 is 0 Å². The third-order valence-corrected chi connectivity index (χ3v) is 1.80. The van der Waals surface area contributed by atoms with Gasteiger partial charge in [0, 0.05) is 18.9 Å². The van der Waals surface area contributed by atoms with Gasteiger partial charge in [-0.05, 0) is 6.92 Å². The number of H-pyrrole nitrogens is 1. The number of aryl methyl sites for hydroxylation is 1. The van der Waals surface area contributed by atoms with Crippen molar-refractivity contribution in [2.75, 3.05) is 0 Å². The second kappa shape index (κ2) is 2.81. The Morgan fingerprint density at radius 3 is 3.17 bits per heavy atom. The van der Waals surface area contributed by atoms with Crippen LogP contribution in [0.3, 0.4) is 0 Å². The minimum atomic E-state index is 0.925. The number of nitrogens with zero attached hydrogens (tertiary/aromatic N) is 3. The van der Waals surface area contributed by atoms with Crippen molar-refractivity contribution < 1.29 is 0 Å². The molecular formula is C8H10N4. The number of aromatic nitrogens is 4. The van der Waals surface area contributed by atoms with E-state index in [2.05, 4.69) is 26.4 Å². The SMILES string of the molecule is CCn1ccnc1-c1cnc[nH]1. The highest BCUT2D eigenvalue weighted by molar-refractivity contribution is 5.47. The first kappa shape index (κ1) is 7.09. The lowest BCUT2D eigenvalue weighted by Gasteiger charge is -2.00. The molecule has 0 fully saturated rings. The number of nitrogens with one attached hydrogen (secondary N) is 1. The Kier molecular flexibility index (Phi) is 1.66. The first-order chi connectivity index (χ1) is 5.92. The molecule has 0 saturated carbocycles. The Labute approximate surface area is 70.3 Å². The van der Waals surface area contributed by atoms with Crippen LogP contribution in [-0.4, -0.2) is 19.5 Å². The van der Waals surface area contributed by atoms with Gasteiger partial charge in [0.25, 0.3) is 0 Å². The van der Waals surface area contributed by atoms with E-state index in [1.165, 1.54) is 0 Å². The van der Waals surface area contributed by atoms with Crippen molar-refractivity contribution in [3.8, 4) is 11.5 Å². The van der Waals surface area contributed by atoms with Crippen LogP contribution >= 0.6 is 0 Å². The van der Waals surface area contributed by atoms with Gasteiger partial charge in [-0.3, -0.25) is 0 Å². The van der Waals surface area contributed by atoms with E-state index in [9.17, 15) is 0 Å². The molecule has 2 aromatic heterocycles. The molecule has 0 saturated heterocycles. The van der Waals surface area contributed by atoms with Crippen LogP contribution in [-0.2, 0) is 6.54 Å². The van der Waals surface area contributed by atoms with Gasteiger partial charge in [0.2, 0.25) is 0 Å². The molecule has 0 aromatic carbocycles. The second-order valence-corrected chi connectivity index (χ2v) is 2.50. The van der Waals surface area contributed by atoms with E-state index < -0.39 is 0 Å². The minimum Gasteiger partial charge on any atom is -0.342 e. The second-order valence-electron chi connectivity index (χ2n) is 2.50. The number of aromatic amines is 1. The normalized spacial score (nSPS) is 10.4. The zero-order valence-corrected chi connectivity index (χ0v) is 6.86. The maximum absolute atomic E-state index is 4.22. The van der Waals surface area contributed by atoms with Crippen LogP contribution < -0.4 is 0 Å². The molecule has 62 valence electrons. The Morgan fingerprint density at radius 2 is 2.50 bits per heavy atom. The molecule has 0 radical (unpaired) electrons. The van der Waals surface area contributed by atoms with E-state index in [4.69, 9.17) is 0 Å². The van der Waals surface area contributed by atoms with Crippen molar-refractivity contribution in [2.24, 2.45) is 0 Å². The van der Waals surface area contributed by atoms with Gasteiger partial charge in [0.15, 0.2) is 5.82 Å². The van der Waals surface area contributed by atoms with Crippen LogP contribution in [0.25, 0.3) is 11.5 Å². The van der Waals surface area contributed by atoms with E-state index in [1.54, 1.807) is 18.7 Å². The fourth-order valence-corrected chi connectivity index (χ4v) is 1.19. The van der Waals surface area contributed by atoms with Crippen LogP contribution in [0.15, 0.2) is 24.9 Å². The monoisotopic (exact) mass is 162 g/mol. The molecule has 4 nitrogen and oxygen atoms in total. The summed E-state index contributed by atoms with van der Waals surface area (Å²) in [6.07, 6.45) is 7.17. The van der Waals surface area contributed by atoms with Crippen molar-refractivity contribution in [3.63, 3.8) is 0 Å². The summed E-state index contributed by atoms with van der Waals surface area (Å²) in [5.74, 6) is 0.940. The molecule has 12 heavy (non-hydrogen) atoms. The van der Waals surface area contributed by atoms with Crippen molar-refractivity contribution in [3.05, 3.63) is 24.9 Å². The van der Waals surface area contributed by atoms with E-state index >= 15 is 0 Å². The van der Waals surface area contributed by atoms with Crippen LogP contribution in [0.1, 0.15) is 6.92 Å². The molecule has 0 spiro atoms. The smallest absolute Gasteiger partial charge is 0.158 e. The Balaban J connectivity index is 2.46. The lowest BCUT2D eigenvalue weighted by atomic mass is 10.4. The van der Waals surface area contributed by atoms with Crippen LogP contribution in [0.4, 0.5) is 0 Å². The lowest BCUT2D eigenvalue weighted by molar-refractivity contribution is 0.768. The summed E-state index contributed by atoms with van der Waals surface area (Å²) >= 11 is 0. The molecule has 0 atom stereocenters. The molecule has 2 heterocycles. The average Bonchev–Trinajstić information content (AvgIpc) is 2.74. The van der Waals surface area contributed by atoms with Crippen LogP contribution in [0.5, 0.6) is 0 Å². The minimum absolute atomic E-state index is 0.925. The van der Waals surface area contributed by atoms with Gasteiger partial charge < -0.3 is 9.55 Å². The molecular weight excluding hydrogens is 152 g/mol. The van der Waals surface area contributed by atoms with Crippen molar-refractivity contribution >= 4 is 0 Å².